The number of hydrogen-bond acceptors (Lipinski definition) is 5. The summed E-state index contributed by atoms with van der Waals surface area (Å²) in [5.74, 6) is 0.0876. The lowest BCUT2D eigenvalue weighted by atomic mass is 10.0. The Morgan fingerprint density at radius 3 is 2.12 bits per heavy atom. The zero-order valence-electron chi connectivity index (χ0n) is 24.7. The maximum Gasteiger partial charge on any atom is 0.264 e. The van der Waals surface area contributed by atoms with Crippen molar-refractivity contribution in [2.24, 2.45) is 0 Å². The molecule has 0 radical (unpaired) electrons. The van der Waals surface area contributed by atoms with Crippen LogP contribution in [0.2, 0.25) is 0 Å². The van der Waals surface area contributed by atoms with Crippen molar-refractivity contribution in [1.82, 2.24) is 10.2 Å². The van der Waals surface area contributed by atoms with Gasteiger partial charge in [-0.2, -0.15) is 0 Å². The van der Waals surface area contributed by atoms with Gasteiger partial charge in [-0.15, -0.1) is 0 Å². The van der Waals surface area contributed by atoms with E-state index in [1.165, 1.54) is 17.0 Å². The second-order valence-electron chi connectivity index (χ2n) is 10.5. The molecule has 1 atom stereocenters. The average molecular weight is 580 g/mol. The minimum absolute atomic E-state index is 0.0738. The molecular weight excluding hydrogens is 538 g/mol. The number of ether oxygens (including phenoxy) is 1. The monoisotopic (exact) mass is 579 g/mol. The summed E-state index contributed by atoms with van der Waals surface area (Å²) in [5.41, 5.74) is 2.17. The molecule has 0 saturated carbocycles. The molecule has 0 spiro atoms. The van der Waals surface area contributed by atoms with E-state index >= 15 is 0 Å². The van der Waals surface area contributed by atoms with Gasteiger partial charge in [0.2, 0.25) is 11.8 Å². The third-order valence-electron chi connectivity index (χ3n) is 6.76. The molecule has 8 nitrogen and oxygen atoms in total. The highest BCUT2D eigenvalue weighted by Crippen LogP contribution is 2.27. The van der Waals surface area contributed by atoms with Gasteiger partial charge in [0, 0.05) is 12.6 Å². The quantitative estimate of drug-likeness (QED) is 0.295. The topological polar surface area (TPSA) is 96.0 Å². The van der Waals surface area contributed by atoms with Gasteiger partial charge in [0.25, 0.3) is 10.0 Å². The molecule has 0 aliphatic carbocycles. The van der Waals surface area contributed by atoms with Crippen molar-refractivity contribution in [3.63, 3.8) is 0 Å². The molecule has 3 aromatic carbocycles. The van der Waals surface area contributed by atoms with Gasteiger partial charge in [-0.25, -0.2) is 8.42 Å². The Bertz CT molecular complexity index is 1410. The van der Waals surface area contributed by atoms with Crippen LogP contribution in [0.25, 0.3) is 0 Å². The van der Waals surface area contributed by atoms with Crippen molar-refractivity contribution in [2.75, 3.05) is 18.0 Å². The third kappa shape index (κ3) is 8.10. The number of carbonyl (C=O) groups is 2. The van der Waals surface area contributed by atoms with Crippen LogP contribution in [0, 0.1) is 0 Å². The second kappa shape index (κ2) is 14.2. The van der Waals surface area contributed by atoms with Gasteiger partial charge in [-0.3, -0.25) is 13.9 Å². The van der Waals surface area contributed by atoms with Crippen LogP contribution in [0.3, 0.4) is 0 Å². The molecule has 0 aromatic heterocycles. The molecule has 41 heavy (non-hydrogen) atoms. The molecule has 2 amide bonds. The van der Waals surface area contributed by atoms with Gasteiger partial charge in [-0.05, 0) is 73.7 Å². The highest BCUT2D eigenvalue weighted by atomic mass is 32.2. The fourth-order valence-corrected chi connectivity index (χ4v) is 5.98. The fraction of sp³-hybridized carbons (Fsp3) is 0.375. The molecule has 0 fully saturated rings. The molecule has 220 valence electrons. The van der Waals surface area contributed by atoms with Gasteiger partial charge in [-0.1, -0.05) is 63.2 Å². The minimum Gasteiger partial charge on any atom is -0.497 e. The molecule has 3 rings (SSSR count). The van der Waals surface area contributed by atoms with E-state index in [9.17, 15) is 18.0 Å². The predicted octanol–water partition coefficient (Wildman–Crippen LogP) is 5.35. The molecular formula is C32H41N3O5S. The third-order valence-corrected chi connectivity index (χ3v) is 8.55. The largest absolute Gasteiger partial charge is 0.497 e. The molecule has 0 unspecified atom stereocenters. The lowest BCUT2D eigenvalue weighted by Crippen LogP contribution is -2.53. The number of rotatable bonds is 13. The Hall–Kier alpha value is -3.85. The van der Waals surface area contributed by atoms with Crippen LogP contribution >= 0.6 is 0 Å². The maximum absolute atomic E-state index is 14.1. The fourth-order valence-electron chi connectivity index (χ4n) is 4.54. The van der Waals surface area contributed by atoms with Gasteiger partial charge in [0.1, 0.15) is 18.3 Å². The summed E-state index contributed by atoms with van der Waals surface area (Å²) < 4.78 is 34.3. The Labute approximate surface area is 244 Å². The normalized spacial score (nSPS) is 12.2. The van der Waals surface area contributed by atoms with E-state index in [0.29, 0.717) is 17.9 Å². The van der Waals surface area contributed by atoms with Crippen molar-refractivity contribution < 1.29 is 22.7 Å². The molecule has 0 aliphatic rings. The molecule has 0 heterocycles. The number of nitrogens with zero attached hydrogens (tertiary/aromatic N) is 2. The number of hydrogen-bond donors (Lipinski definition) is 1. The van der Waals surface area contributed by atoms with Crippen LogP contribution in [-0.4, -0.2) is 50.9 Å². The van der Waals surface area contributed by atoms with Gasteiger partial charge in [0.05, 0.1) is 17.7 Å². The van der Waals surface area contributed by atoms with Gasteiger partial charge < -0.3 is 15.0 Å². The highest BCUT2D eigenvalue weighted by molar-refractivity contribution is 7.92. The summed E-state index contributed by atoms with van der Waals surface area (Å²) in [7, 11) is -2.55. The van der Waals surface area contributed by atoms with Crippen LogP contribution in [0.5, 0.6) is 5.75 Å². The molecule has 9 heteroatoms. The summed E-state index contributed by atoms with van der Waals surface area (Å²) >= 11 is 0. The van der Waals surface area contributed by atoms with Crippen LogP contribution in [0.15, 0.2) is 83.8 Å². The predicted molar refractivity (Wildman–Crippen MR) is 162 cm³/mol. The number of benzene rings is 3. The zero-order valence-corrected chi connectivity index (χ0v) is 25.5. The summed E-state index contributed by atoms with van der Waals surface area (Å²) in [6.07, 6.45) is 0.350. The standard InChI is InChI=1S/C32H41N3O5S/c1-7-30(32(37)33-24(4)5)34(21-25-12-11-13-28(20-25)40-6)31(36)22-35(27-18-16-26(17-19-27)23(2)3)41(38,39)29-14-9-8-10-15-29/h8-20,23-24,30H,7,21-22H2,1-6H3,(H,33,37)/t30-/m1/s1. The molecule has 0 bridgehead atoms. The molecule has 3 aromatic rings. The van der Waals surface area contributed by atoms with Crippen molar-refractivity contribution in [3.8, 4) is 5.75 Å². The lowest BCUT2D eigenvalue weighted by Gasteiger charge is -2.33. The Morgan fingerprint density at radius 1 is 0.902 bits per heavy atom. The number of sulfonamides is 1. The van der Waals surface area contributed by atoms with Gasteiger partial charge in [0.15, 0.2) is 0 Å². The number of carbonyl (C=O) groups excluding carboxylic acids is 2. The number of amides is 2. The van der Waals surface area contributed by atoms with E-state index < -0.39 is 28.5 Å². The van der Waals surface area contributed by atoms with E-state index in [2.05, 4.69) is 19.2 Å². The summed E-state index contributed by atoms with van der Waals surface area (Å²) in [5, 5.41) is 2.91. The van der Waals surface area contributed by atoms with Crippen molar-refractivity contribution in [1.29, 1.82) is 0 Å². The second-order valence-corrected chi connectivity index (χ2v) is 12.4. The Kier molecular flexibility index (Phi) is 10.9. The zero-order chi connectivity index (χ0) is 30.2. The van der Waals surface area contributed by atoms with Crippen LogP contribution < -0.4 is 14.4 Å². The van der Waals surface area contributed by atoms with Gasteiger partial charge >= 0.3 is 0 Å². The Balaban J connectivity index is 2.07. The summed E-state index contributed by atoms with van der Waals surface area (Å²) in [6.45, 7) is 9.28. The van der Waals surface area contributed by atoms with E-state index in [-0.39, 0.29) is 29.3 Å². The van der Waals surface area contributed by atoms with E-state index in [1.54, 1.807) is 49.6 Å². The average Bonchev–Trinajstić information content (AvgIpc) is 2.95. The first-order valence-corrected chi connectivity index (χ1v) is 15.3. The molecule has 1 N–H and O–H groups in total. The Morgan fingerprint density at radius 2 is 1.56 bits per heavy atom. The first kappa shape index (κ1) is 31.7. The van der Waals surface area contributed by atoms with Crippen molar-refractivity contribution in [3.05, 3.63) is 90.0 Å². The lowest BCUT2D eigenvalue weighted by molar-refractivity contribution is -0.140. The highest BCUT2D eigenvalue weighted by Gasteiger charge is 2.33. The number of nitrogens with one attached hydrogen (secondary N) is 1. The first-order valence-electron chi connectivity index (χ1n) is 13.9. The van der Waals surface area contributed by atoms with Crippen LogP contribution in [0.1, 0.15) is 58.1 Å². The molecule has 0 aliphatic heterocycles. The van der Waals surface area contributed by atoms with E-state index in [1.807, 2.05) is 45.0 Å². The van der Waals surface area contributed by atoms with E-state index in [0.717, 1.165) is 15.4 Å². The summed E-state index contributed by atoms with van der Waals surface area (Å²) in [4.78, 5) is 28.9. The number of anilines is 1. The van der Waals surface area contributed by atoms with Crippen molar-refractivity contribution >= 4 is 27.5 Å². The summed E-state index contributed by atoms with van der Waals surface area (Å²) in [6, 6.07) is 21.6. The SMILES string of the molecule is CC[C@H](C(=O)NC(C)C)N(Cc1cccc(OC)c1)C(=O)CN(c1ccc(C(C)C)cc1)S(=O)(=O)c1ccccc1. The maximum atomic E-state index is 14.1. The minimum atomic E-state index is -4.11. The van der Waals surface area contributed by atoms with E-state index in [4.69, 9.17) is 4.74 Å². The number of methoxy groups -OCH3 is 1. The van der Waals surface area contributed by atoms with Crippen LogP contribution in [0.4, 0.5) is 5.69 Å². The first-order chi connectivity index (χ1) is 19.5. The smallest absolute Gasteiger partial charge is 0.264 e. The van der Waals surface area contributed by atoms with Crippen molar-refractivity contribution in [2.45, 2.75) is 70.5 Å². The molecule has 0 saturated heterocycles. The van der Waals surface area contributed by atoms with Crippen LogP contribution in [-0.2, 0) is 26.2 Å².